The zero-order valence-electron chi connectivity index (χ0n) is 18.7. The number of nitrogens with zero attached hydrogens (tertiary/aromatic N) is 1. The number of hydrogen-bond donors (Lipinski definition) is 1. The predicted octanol–water partition coefficient (Wildman–Crippen LogP) is 3.29. The van der Waals surface area contributed by atoms with Crippen LogP contribution in [0, 0.1) is 23.2 Å². The Labute approximate surface area is 175 Å². The Balaban J connectivity index is 1.44. The zero-order valence-corrected chi connectivity index (χ0v) is 18.7. The fourth-order valence-corrected chi connectivity index (χ4v) is 6.68. The molecule has 4 aliphatic rings. The number of amides is 2. The average Bonchev–Trinajstić information content (AvgIpc) is 2.57. The molecule has 1 N–H and O–H groups in total. The molecule has 0 unspecified atom stereocenters. The molecule has 0 aromatic rings. The largest absolute Gasteiger partial charge is 0.451 e. The van der Waals surface area contributed by atoms with Gasteiger partial charge in [-0.1, -0.05) is 0 Å². The van der Waals surface area contributed by atoms with Crippen LogP contribution in [0.1, 0.15) is 79.6 Å². The third-order valence-corrected chi connectivity index (χ3v) is 7.15. The molecule has 164 valence electrons. The van der Waals surface area contributed by atoms with E-state index in [1.165, 1.54) is 38.5 Å². The van der Waals surface area contributed by atoms with Crippen molar-refractivity contribution < 1.29 is 19.1 Å². The van der Waals surface area contributed by atoms with Crippen molar-refractivity contribution in [2.24, 2.45) is 23.2 Å². The number of carbonyl (C=O) groups excluding carboxylic acids is 3. The highest BCUT2D eigenvalue weighted by atomic mass is 16.5. The lowest BCUT2D eigenvalue weighted by Gasteiger charge is -2.56. The Morgan fingerprint density at radius 2 is 1.41 bits per heavy atom. The van der Waals surface area contributed by atoms with Gasteiger partial charge >= 0.3 is 5.97 Å². The average molecular weight is 407 g/mol. The molecule has 0 aromatic heterocycles. The number of hydrogen-bond acceptors (Lipinski definition) is 4. The maximum absolute atomic E-state index is 12.6. The topological polar surface area (TPSA) is 75.7 Å². The molecule has 4 rings (SSSR count). The van der Waals surface area contributed by atoms with Gasteiger partial charge in [-0.2, -0.15) is 0 Å². The van der Waals surface area contributed by atoms with E-state index in [0.717, 1.165) is 17.8 Å². The van der Waals surface area contributed by atoms with Gasteiger partial charge in [0, 0.05) is 18.5 Å². The molecule has 4 bridgehead atoms. The summed E-state index contributed by atoms with van der Waals surface area (Å²) in [4.78, 5) is 39.0. The lowest BCUT2D eigenvalue weighted by Crippen LogP contribution is -2.49. The van der Waals surface area contributed by atoms with Gasteiger partial charge in [-0.15, -0.1) is 0 Å². The number of nitrogens with one attached hydrogen (secondary N) is 1. The number of carbonyl (C=O) groups is 3. The predicted molar refractivity (Wildman–Crippen MR) is 111 cm³/mol. The van der Waals surface area contributed by atoms with Crippen LogP contribution in [0.4, 0.5) is 0 Å². The molecule has 0 aliphatic heterocycles. The number of rotatable bonds is 8. The minimum Gasteiger partial charge on any atom is -0.451 e. The zero-order chi connectivity index (χ0) is 21.3. The van der Waals surface area contributed by atoms with Crippen LogP contribution in [0.3, 0.4) is 0 Å². The van der Waals surface area contributed by atoms with Crippen molar-refractivity contribution in [3.05, 3.63) is 0 Å². The summed E-state index contributed by atoms with van der Waals surface area (Å²) in [7, 11) is 0. The monoisotopic (exact) mass is 406 g/mol. The quantitative estimate of drug-likeness (QED) is 0.628. The van der Waals surface area contributed by atoms with E-state index in [1.807, 2.05) is 27.7 Å². The van der Waals surface area contributed by atoms with Crippen LogP contribution in [0.5, 0.6) is 0 Å². The summed E-state index contributed by atoms with van der Waals surface area (Å²) < 4.78 is 5.29. The Morgan fingerprint density at radius 3 is 1.86 bits per heavy atom. The second kappa shape index (κ2) is 8.65. The molecule has 1 atom stereocenters. The molecule has 0 radical (unpaired) electrons. The first-order chi connectivity index (χ1) is 13.6. The molecule has 29 heavy (non-hydrogen) atoms. The summed E-state index contributed by atoms with van der Waals surface area (Å²) in [6.07, 6.45) is 7.22. The summed E-state index contributed by atoms with van der Waals surface area (Å²) in [5, 5.41) is 2.74. The van der Waals surface area contributed by atoms with Gasteiger partial charge in [0.1, 0.15) is 6.54 Å². The fraction of sp³-hybridized carbons (Fsp3) is 0.870. The lowest BCUT2D eigenvalue weighted by molar-refractivity contribution is -0.160. The molecule has 6 heteroatoms. The fourth-order valence-electron chi connectivity index (χ4n) is 6.68. The molecule has 0 heterocycles. The van der Waals surface area contributed by atoms with Gasteiger partial charge in [-0.3, -0.25) is 14.4 Å². The Bertz CT molecular complexity index is 600. The summed E-state index contributed by atoms with van der Waals surface area (Å²) in [5.41, 5.74) is 0.154. The van der Waals surface area contributed by atoms with Crippen molar-refractivity contribution in [1.82, 2.24) is 10.2 Å². The SMILES string of the molecule is CC(C)N(C(=O)[C@@H](C)OC(=O)CNC(=O)CC12CC3CC(CC(C3)C1)C2)C(C)C. The van der Waals surface area contributed by atoms with E-state index in [1.54, 1.807) is 11.8 Å². The van der Waals surface area contributed by atoms with E-state index in [0.29, 0.717) is 6.42 Å². The second-order valence-corrected chi connectivity index (χ2v) is 10.4. The third-order valence-electron chi connectivity index (χ3n) is 7.15. The van der Waals surface area contributed by atoms with Gasteiger partial charge in [0.25, 0.3) is 5.91 Å². The minimum atomic E-state index is -0.854. The van der Waals surface area contributed by atoms with E-state index >= 15 is 0 Å². The summed E-state index contributed by atoms with van der Waals surface area (Å²) in [5.74, 6) is 1.58. The number of ether oxygens (including phenoxy) is 1. The van der Waals surface area contributed by atoms with Crippen LogP contribution in [0.2, 0.25) is 0 Å². The van der Waals surface area contributed by atoms with Gasteiger partial charge in [0.05, 0.1) is 0 Å². The van der Waals surface area contributed by atoms with Crippen LogP contribution in [0.15, 0.2) is 0 Å². The Hall–Kier alpha value is -1.59. The van der Waals surface area contributed by atoms with Crippen molar-refractivity contribution in [1.29, 1.82) is 0 Å². The molecule has 0 saturated heterocycles. The van der Waals surface area contributed by atoms with Crippen molar-refractivity contribution in [3.63, 3.8) is 0 Å². The molecule has 0 spiro atoms. The van der Waals surface area contributed by atoms with Crippen LogP contribution >= 0.6 is 0 Å². The van der Waals surface area contributed by atoms with E-state index in [-0.39, 0.29) is 35.9 Å². The molecular weight excluding hydrogens is 368 g/mol. The van der Waals surface area contributed by atoms with Gasteiger partial charge in [0.15, 0.2) is 6.10 Å². The van der Waals surface area contributed by atoms with E-state index in [2.05, 4.69) is 5.32 Å². The van der Waals surface area contributed by atoms with Crippen molar-refractivity contribution in [2.45, 2.75) is 97.8 Å². The van der Waals surface area contributed by atoms with E-state index in [9.17, 15) is 14.4 Å². The van der Waals surface area contributed by atoms with Crippen LogP contribution < -0.4 is 5.32 Å². The first kappa shape index (κ1) is 22.1. The van der Waals surface area contributed by atoms with Crippen molar-refractivity contribution in [2.75, 3.05) is 6.54 Å². The molecule has 6 nitrogen and oxygen atoms in total. The lowest BCUT2D eigenvalue weighted by atomic mass is 9.49. The van der Waals surface area contributed by atoms with E-state index < -0.39 is 12.1 Å². The third kappa shape index (κ3) is 5.13. The second-order valence-electron chi connectivity index (χ2n) is 10.4. The van der Waals surface area contributed by atoms with Crippen LogP contribution in [-0.4, -0.2) is 47.4 Å². The summed E-state index contributed by atoms with van der Waals surface area (Å²) >= 11 is 0. The van der Waals surface area contributed by atoms with Gasteiger partial charge in [-0.05, 0) is 96.3 Å². The van der Waals surface area contributed by atoms with Crippen LogP contribution in [0.25, 0.3) is 0 Å². The molecule has 0 aromatic carbocycles. The van der Waals surface area contributed by atoms with Gasteiger partial charge < -0.3 is 15.0 Å². The van der Waals surface area contributed by atoms with Crippen LogP contribution in [-0.2, 0) is 19.1 Å². The first-order valence-electron chi connectivity index (χ1n) is 11.4. The molecular formula is C23H38N2O4. The highest BCUT2D eigenvalue weighted by Crippen LogP contribution is 2.61. The normalized spacial score (nSPS) is 31.1. The molecule has 4 aliphatic carbocycles. The smallest absolute Gasteiger partial charge is 0.326 e. The standard InChI is InChI=1S/C23H38N2O4/c1-14(2)25(15(3)4)22(28)16(5)29-21(27)13-24-20(26)12-23-9-17-6-18(10-23)8-19(7-17)11-23/h14-19H,6-13H2,1-5H3,(H,24,26)/t16-,17?,18?,19?,23?/m1/s1. The minimum absolute atomic E-state index is 0.0311. The summed E-state index contributed by atoms with van der Waals surface area (Å²) in [6, 6.07) is 0.0623. The Morgan fingerprint density at radius 1 is 0.931 bits per heavy atom. The first-order valence-corrected chi connectivity index (χ1v) is 11.4. The molecule has 4 saturated carbocycles. The summed E-state index contributed by atoms with van der Waals surface area (Å²) in [6.45, 7) is 9.18. The number of esters is 1. The van der Waals surface area contributed by atoms with Gasteiger partial charge in [-0.25, -0.2) is 0 Å². The van der Waals surface area contributed by atoms with Gasteiger partial charge in [0.2, 0.25) is 5.91 Å². The van der Waals surface area contributed by atoms with Crippen molar-refractivity contribution in [3.8, 4) is 0 Å². The van der Waals surface area contributed by atoms with E-state index in [4.69, 9.17) is 4.74 Å². The maximum atomic E-state index is 12.6. The molecule has 2 amide bonds. The Kier molecular flexibility index (Phi) is 6.59. The van der Waals surface area contributed by atoms with Crippen molar-refractivity contribution >= 4 is 17.8 Å². The highest BCUT2D eigenvalue weighted by molar-refractivity contribution is 5.86. The maximum Gasteiger partial charge on any atom is 0.326 e. The molecule has 4 fully saturated rings. The highest BCUT2D eigenvalue weighted by Gasteiger charge is 2.51.